The predicted molar refractivity (Wildman–Crippen MR) is 76.3 cm³/mol. The molecule has 0 aliphatic carbocycles. The first kappa shape index (κ1) is 13.2. The molecular weight excluding hydrogens is 204 g/mol. The van der Waals surface area contributed by atoms with Crippen molar-refractivity contribution in [2.75, 3.05) is 0 Å². The van der Waals surface area contributed by atoms with Crippen LogP contribution >= 0.6 is 0 Å². The van der Waals surface area contributed by atoms with Gasteiger partial charge in [-0.3, -0.25) is 0 Å². The average Bonchev–Trinajstić information content (AvgIpc) is 2.44. The number of allylic oxidation sites excluding steroid dienone is 1. The van der Waals surface area contributed by atoms with Gasteiger partial charge >= 0.3 is 0 Å². The highest BCUT2D eigenvalue weighted by atomic mass is 14.1. The topological polar surface area (TPSA) is 0 Å². The van der Waals surface area contributed by atoms with Crippen LogP contribution in [0, 0.1) is 0 Å². The fourth-order valence-electron chi connectivity index (χ4n) is 1.79. The maximum atomic E-state index is 3.91. The molecule has 0 nitrogen and oxygen atoms in total. The molecule has 0 spiro atoms. The lowest BCUT2D eigenvalue weighted by atomic mass is 9.92. The molecule has 2 aromatic carbocycles. The first-order chi connectivity index (χ1) is 8.42. The third-order valence-corrected chi connectivity index (χ3v) is 2.55. The molecule has 0 saturated carbocycles. The fourth-order valence-corrected chi connectivity index (χ4v) is 1.79. The first-order valence-electron chi connectivity index (χ1n) is 6.14. The molecule has 0 fully saturated rings. The number of hydrogen-bond acceptors (Lipinski definition) is 0. The highest BCUT2D eigenvalue weighted by Gasteiger charge is 2.08. The van der Waals surface area contributed by atoms with E-state index in [4.69, 9.17) is 0 Å². The minimum Gasteiger partial charge on any atom is -0.102 e. The Labute approximate surface area is 105 Å². The zero-order valence-electron chi connectivity index (χ0n) is 10.6. The molecule has 0 aliphatic heterocycles. The van der Waals surface area contributed by atoms with Gasteiger partial charge in [0.05, 0.1) is 0 Å². The third kappa shape index (κ3) is 3.60. The summed E-state index contributed by atoms with van der Waals surface area (Å²) in [5.41, 5.74) is 2.58. The molecule has 2 aromatic rings. The Morgan fingerprint density at radius 2 is 1.12 bits per heavy atom. The van der Waals surface area contributed by atoms with Gasteiger partial charge in [0.25, 0.3) is 0 Å². The number of hydrogen-bond donors (Lipinski definition) is 0. The fraction of sp³-hybridized carbons (Fsp3) is 0.176. The molecule has 0 heterocycles. The van der Waals surface area contributed by atoms with Crippen molar-refractivity contribution in [1.29, 1.82) is 0 Å². The van der Waals surface area contributed by atoms with Gasteiger partial charge in [-0.05, 0) is 11.1 Å². The van der Waals surface area contributed by atoms with Crippen LogP contribution in [-0.2, 0) is 0 Å². The van der Waals surface area contributed by atoms with Crippen molar-refractivity contribution in [2.45, 2.75) is 19.8 Å². The van der Waals surface area contributed by atoms with Gasteiger partial charge in [0.15, 0.2) is 0 Å². The largest absolute Gasteiger partial charge is 0.102 e. The molecule has 0 bridgehead atoms. The van der Waals surface area contributed by atoms with Gasteiger partial charge in [-0.1, -0.05) is 80.6 Å². The molecule has 17 heavy (non-hydrogen) atoms. The van der Waals surface area contributed by atoms with Crippen molar-refractivity contribution in [3.8, 4) is 0 Å². The Hall–Kier alpha value is -1.82. The molecule has 0 atom stereocenters. The summed E-state index contributed by atoms with van der Waals surface area (Å²) in [6, 6.07) is 20.9. The van der Waals surface area contributed by atoms with Gasteiger partial charge in [0, 0.05) is 5.92 Å². The van der Waals surface area contributed by atoms with Crippen molar-refractivity contribution in [3.63, 3.8) is 0 Å². The standard InChI is InChI=1S/C15H14.C2H6/c1-2-15(13-9-5-3-6-10-13)14-11-7-4-8-12-14;1-2/h2-12,15H,1H2;1-2H3. The predicted octanol–water partition coefficient (Wildman–Crippen LogP) is 5.03. The van der Waals surface area contributed by atoms with Crippen LogP contribution in [0.15, 0.2) is 73.3 Å². The number of rotatable bonds is 3. The quantitative estimate of drug-likeness (QED) is 0.641. The molecule has 0 aromatic heterocycles. The molecule has 0 N–H and O–H groups in total. The van der Waals surface area contributed by atoms with Crippen LogP contribution in [0.1, 0.15) is 30.9 Å². The summed E-state index contributed by atoms with van der Waals surface area (Å²) in [6.07, 6.45) is 1.99. The maximum absolute atomic E-state index is 3.91. The van der Waals surface area contributed by atoms with E-state index >= 15 is 0 Å². The van der Waals surface area contributed by atoms with E-state index in [-0.39, 0.29) is 0 Å². The van der Waals surface area contributed by atoms with Crippen LogP contribution in [0.5, 0.6) is 0 Å². The Bertz CT molecular complexity index is 375. The smallest absolute Gasteiger partial charge is 0.0266 e. The molecule has 0 radical (unpaired) electrons. The van der Waals surface area contributed by atoms with Crippen LogP contribution in [0.4, 0.5) is 0 Å². The highest BCUT2D eigenvalue weighted by Crippen LogP contribution is 2.24. The zero-order chi connectivity index (χ0) is 12.5. The van der Waals surface area contributed by atoms with E-state index in [1.807, 2.05) is 32.1 Å². The Balaban J connectivity index is 0.000000686. The summed E-state index contributed by atoms with van der Waals surface area (Å²) < 4.78 is 0. The summed E-state index contributed by atoms with van der Waals surface area (Å²) in [6.45, 7) is 7.91. The molecular formula is C17H20. The monoisotopic (exact) mass is 224 g/mol. The molecule has 0 unspecified atom stereocenters. The Morgan fingerprint density at radius 3 is 1.41 bits per heavy atom. The van der Waals surface area contributed by atoms with Crippen LogP contribution in [0.2, 0.25) is 0 Å². The number of benzene rings is 2. The molecule has 0 aliphatic rings. The SMILES string of the molecule is C=CC(c1ccccc1)c1ccccc1.CC. The summed E-state index contributed by atoms with van der Waals surface area (Å²) in [5, 5.41) is 0. The minimum atomic E-state index is 0.299. The molecule has 88 valence electrons. The summed E-state index contributed by atoms with van der Waals surface area (Å²) in [7, 11) is 0. The van der Waals surface area contributed by atoms with Gasteiger partial charge < -0.3 is 0 Å². The first-order valence-corrected chi connectivity index (χ1v) is 6.14. The summed E-state index contributed by atoms with van der Waals surface area (Å²) in [4.78, 5) is 0. The van der Waals surface area contributed by atoms with Crippen LogP contribution < -0.4 is 0 Å². The van der Waals surface area contributed by atoms with E-state index in [0.29, 0.717) is 5.92 Å². The lowest BCUT2D eigenvalue weighted by molar-refractivity contribution is 1.03. The van der Waals surface area contributed by atoms with Crippen molar-refractivity contribution < 1.29 is 0 Å². The molecule has 0 heteroatoms. The van der Waals surface area contributed by atoms with Gasteiger partial charge in [-0.15, -0.1) is 6.58 Å². The van der Waals surface area contributed by atoms with Gasteiger partial charge in [0.1, 0.15) is 0 Å². The molecule has 2 rings (SSSR count). The van der Waals surface area contributed by atoms with Gasteiger partial charge in [-0.2, -0.15) is 0 Å². The van der Waals surface area contributed by atoms with E-state index in [2.05, 4.69) is 55.1 Å². The van der Waals surface area contributed by atoms with E-state index in [0.717, 1.165) is 0 Å². The van der Waals surface area contributed by atoms with E-state index < -0.39 is 0 Å². The minimum absolute atomic E-state index is 0.299. The van der Waals surface area contributed by atoms with Crippen molar-refractivity contribution >= 4 is 0 Å². The van der Waals surface area contributed by atoms with Gasteiger partial charge in [-0.25, -0.2) is 0 Å². The second-order valence-electron chi connectivity index (χ2n) is 3.53. The van der Waals surface area contributed by atoms with E-state index in [9.17, 15) is 0 Å². The third-order valence-electron chi connectivity index (χ3n) is 2.55. The van der Waals surface area contributed by atoms with Crippen molar-refractivity contribution in [2.24, 2.45) is 0 Å². The highest BCUT2D eigenvalue weighted by molar-refractivity contribution is 5.35. The van der Waals surface area contributed by atoms with E-state index in [1.165, 1.54) is 11.1 Å². The maximum Gasteiger partial charge on any atom is 0.0266 e. The Morgan fingerprint density at radius 1 is 0.765 bits per heavy atom. The van der Waals surface area contributed by atoms with Gasteiger partial charge in [0.2, 0.25) is 0 Å². The van der Waals surface area contributed by atoms with Crippen LogP contribution in [-0.4, -0.2) is 0 Å². The van der Waals surface area contributed by atoms with E-state index in [1.54, 1.807) is 0 Å². The summed E-state index contributed by atoms with van der Waals surface area (Å²) >= 11 is 0. The normalized spacial score (nSPS) is 9.35. The molecule has 0 saturated heterocycles. The molecule has 0 amide bonds. The zero-order valence-corrected chi connectivity index (χ0v) is 10.6. The lowest BCUT2D eigenvalue weighted by Gasteiger charge is -2.12. The summed E-state index contributed by atoms with van der Waals surface area (Å²) in [5.74, 6) is 0.299. The lowest BCUT2D eigenvalue weighted by Crippen LogP contribution is -1.96. The van der Waals surface area contributed by atoms with Crippen molar-refractivity contribution in [3.05, 3.63) is 84.4 Å². The van der Waals surface area contributed by atoms with Crippen LogP contribution in [0.3, 0.4) is 0 Å². The Kier molecular flexibility index (Phi) is 5.81. The second-order valence-corrected chi connectivity index (χ2v) is 3.53. The van der Waals surface area contributed by atoms with Crippen molar-refractivity contribution in [1.82, 2.24) is 0 Å². The average molecular weight is 224 g/mol. The van der Waals surface area contributed by atoms with Crippen LogP contribution in [0.25, 0.3) is 0 Å². The second kappa shape index (κ2) is 7.45.